The lowest BCUT2D eigenvalue weighted by molar-refractivity contribution is -0.114. The first-order valence-corrected chi connectivity index (χ1v) is 12.9. The number of thiocarbonyl (C=S) groups is 1. The molecule has 0 unspecified atom stereocenters. The van der Waals surface area contributed by atoms with Gasteiger partial charge in [0.25, 0.3) is 5.91 Å². The molecule has 0 N–H and O–H groups in total. The molecule has 9 heteroatoms. The molecule has 1 aliphatic rings. The number of rotatable bonds is 9. The fraction of sp³-hybridized carbons (Fsp3) is 0.214. The number of anilines is 1. The minimum atomic E-state index is -0.242. The first-order valence-electron chi connectivity index (χ1n) is 11.7. The average molecular weight is 557 g/mol. The molecule has 192 valence electrons. The van der Waals surface area contributed by atoms with Gasteiger partial charge < -0.3 is 19.1 Å². The molecule has 1 aliphatic heterocycles. The summed E-state index contributed by atoms with van der Waals surface area (Å²) in [6.45, 7) is 5.07. The van der Waals surface area contributed by atoms with E-state index in [0.717, 1.165) is 11.3 Å². The number of halogens is 2. The lowest BCUT2D eigenvalue weighted by atomic mass is 10.1. The lowest BCUT2D eigenvalue weighted by Gasteiger charge is -2.17. The van der Waals surface area contributed by atoms with Gasteiger partial charge in [-0.15, -0.1) is 0 Å². The second-order valence-corrected chi connectivity index (χ2v) is 9.33. The van der Waals surface area contributed by atoms with Crippen LogP contribution < -0.4 is 19.1 Å². The van der Waals surface area contributed by atoms with Crippen molar-refractivity contribution in [3.8, 4) is 17.2 Å². The highest BCUT2D eigenvalue weighted by Crippen LogP contribution is 2.38. The SMILES string of the molecule is CCOc1ccc(N2C(=O)/C(=C/c3cc(Cl)c(OCc4ccc(Cl)cc4)c(OCC)c3)N(C)C2=S)cc1. The second-order valence-electron chi connectivity index (χ2n) is 8.12. The van der Waals surface area contributed by atoms with Crippen molar-refractivity contribution in [2.24, 2.45) is 0 Å². The molecule has 0 spiro atoms. The number of likely N-dealkylation sites (N-methyl/N-ethyl adjacent to an activating group) is 1. The van der Waals surface area contributed by atoms with Crippen LogP contribution in [0.4, 0.5) is 5.69 Å². The Morgan fingerprint density at radius 2 is 1.59 bits per heavy atom. The fourth-order valence-corrected chi connectivity index (χ4v) is 4.50. The largest absolute Gasteiger partial charge is 0.494 e. The van der Waals surface area contributed by atoms with E-state index < -0.39 is 0 Å². The molecule has 1 saturated heterocycles. The van der Waals surface area contributed by atoms with Crippen LogP contribution in [0.5, 0.6) is 17.2 Å². The Hall–Kier alpha value is -3.26. The topological polar surface area (TPSA) is 51.2 Å². The van der Waals surface area contributed by atoms with Crippen LogP contribution in [0.15, 0.2) is 66.4 Å². The zero-order valence-electron chi connectivity index (χ0n) is 20.7. The number of benzene rings is 3. The quantitative estimate of drug-likeness (QED) is 0.209. The first-order chi connectivity index (χ1) is 17.8. The molecule has 37 heavy (non-hydrogen) atoms. The Morgan fingerprint density at radius 3 is 2.24 bits per heavy atom. The van der Waals surface area contributed by atoms with Gasteiger partial charge in [0.1, 0.15) is 18.1 Å². The van der Waals surface area contributed by atoms with Crippen molar-refractivity contribution >= 4 is 58.2 Å². The van der Waals surface area contributed by atoms with E-state index in [-0.39, 0.29) is 5.91 Å². The smallest absolute Gasteiger partial charge is 0.281 e. The normalized spacial score (nSPS) is 14.5. The van der Waals surface area contributed by atoms with E-state index in [1.165, 1.54) is 4.90 Å². The highest BCUT2D eigenvalue weighted by atomic mass is 35.5. The number of carbonyl (C=O) groups is 1. The Morgan fingerprint density at radius 1 is 0.919 bits per heavy atom. The van der Waals surface area contributed by atoms with Crippen LogP contribution in [-0.4, -0.2) is 36.2 Å². The summed E-state index contributed by atoms with van der Waals surface area (Å²) in [7, 11) is 1.76. The monoisotopic (exact) mass is 556 g/mol. The standard InChI is InChI=1S/C28H26Cl2N2O4S/c1-4-34-22-12-10-21(11-13-22)32-27(33)24(31(3)28(32)37)15-19-14-23(30)26(25(16-19)35-5-2)36-17-18-6-8-20(29)9-7-18/h6-16H,4-5,17H2,1-3H3/b24-15-. The van der Waals surface area contributed by atoms with Gasteiger partial charge in [-0.25, -0.2) is 0 Å². The van der Waals surface area contributed by atoms with Crippen molar-refractivity contribution < 1.29 is 19.0 Å². The van der Waals surface area contributed by atoms with E-state index in [2.05, 4.69) is 0 Å². The van der Waals surface area contributed by atoms with Crippen LogP contribution in [0.1, 0.15) is 25.0 Å². The zero-order chi connectivity index (χ0) is 26.5. The molecular weight excluding hydrogens is 531 g/mol. The summed E-state index contributed by atoms with van der Waals surface area (Å²) in [5.41, 5.74) is 2.69. The maximum atomic E-state index is 13.4. The molecule has 0 aromatic heterocycles. The molecule has 0 aliphatic carbocycles. The molecular formula is C28H26Cl2N2O4S. The van der Waals surface area contributed by atoms with Crippen molar-refractivity contribution in [2.45, 2.75) is 20.5 Å². The molecule has 6 nitrogen and oxygen atoms in total. The van der Waals surface area contributed by atoms with Crippen LogP contribution in [0.2, 0.25) is 10.0 Å². The van der Waals surface area contributed by atoms with E-state index in [4.69, 9.17) is 49.6 Å². The molecule has 0 radical (unpaired) electrons. The van der Waals surface area contributed by atoms with Gasteiger partial charge in [-0.3, -0.25) is 9.69 Å². The van der Waals surface area contributed by atoms with Crippen LogP contribution in [-0.2, 0) is 11.4 Å². The summed E-state index contributed by atoms with van der Waals surface area (Å²) in [5.74, 6) is 1.39. The molecule has 0 bridgehead atoms. The van der Waals surface area contributed by atoms with Crippen molar-refractivity contribution in [2.75, 3.05) is 25.2 Å². The van der Waals surface area contributed by atoms with E-state index in [0.29, 0.717) is 63.4 Å². The van der Waals surface area contributed by atoms with Crippen LogP contribution in [0, 0.1) is 0 Å². The molecule has 1 fully saturated rings. The predicted molar refractivity (Wildman–Crippen MR) is 152 cm³/mol. The highest BCUT2D eigenvalue weighted by molar-refractivity contribution is 7.80. The Bertz CT molecular complexity index is 1330. The Balaban J connectivity index is 1.60. The number of hydrogen-bond donors (Lipinski definition) is 0. The number of carbonyl (C=O) groups excluding carboxylic acids is 1. The Labute approximate surface area is 231 Å². The molecule has 0 atom stereocenters. The maximum Gasteiger partial charge on any atom is 0.281 e. The Kier molecular flexibility index (Phi) is 8.59. The van der Waals surface area contributed by atoms with Crippen LogP contribution in [0.3, 0.4) is 0 Å². The molecule has 3 aromatic rings. The minimum Gasteiger partial charge on any atom is -0.494 e. The molecule has 4 rings (SSSR count). The van der Waals surface area contributed by atoms with Crippen molar-refractivity contribution in [3.63, 3.8) is 0 Å². The van der Waals surface area contributed by atoms with Gasteiger partial charge in [0.2, 0.25) is 0 Å². The third kappa shape index (κ3) is 6.01. The summed E-state index contributed by atoms with van der Waals surface area (Å²) >= 11 is 18.2. The molecule has 1 amide bonds. The third-order valence-electron chi connectivity index (χ3n) is 5.60. The van der Waals surface area contributed by atoms with E-state index >= 15 is 0 Å². The predicted octanol–water partition coefficient (Wildman–Crippen LogP) is 6.97. The minimum absolute atomic E-state index is 0.242. The van der Waals surface area contributed by atoms with Crippen molar-refractivity contribution in [1.29, 1.82) is 0 Å². The fourth-order valence-electron chi connectivity index (χ4n) is 3.81. The number of nitrogens with zero attached hydrogens (tertiary/aromatic N) is 2. The number of amides is 1. The molecule has 0 saturated carbocycles. The van der Waals surface area contributed by atoms with Gasteiger partial charge in [0, 0.05) is 12.1 Å². The summed E-state index contributed by atoms with van der Waals surface area (Å²) in [4.78, 5) is 16.6. The van der Waals surface area contributed by atoms with E-state index in [1.54, 1.807) is 42.3 Å². The van der Waals surface area contributed by atoms with Gasteiger partial charge in [-0.2, -0.15) is 0 Å². The summed E-state index contributed by atoms with van der Waals surface area (Å²) in [6, 6.07) is 18.1. The lowest BCUT2D eigenvalue weighted by Crippen LogP contribution is -2.31. The highest BCUT2D eigenvalue weighted by Gasteiger charge is 2.36. The summed E-state index contributed by atoms with van der Waals surface area (Å²) < 4.78 is 17.3. The number of hydrogen-bond acceptors (Lipinski definition) is 5. The second kappa shape index (κ2) is 11.9. The van der Waals surface area contributed by atoms with Gasteiger partial charge in [-0.1, -0.05) is 35.3 Å². The third-order valence-corrected chi connectivity index (χ3v) is 6.59. The summed E-state index contributed by atoms with van der Waals surface area (Å²) in [5, 5.41) is 1.39. The van der Waals surface area contributed by atoms with Crippen molar-refractivity contribution in [3.05, 3.63) is 87.5 Å². The van der Waals surface area contributed by atoms with E-state index in [9.17, 15) is 4.79 Å². The molecule has 1 heterocycles. The van der Waals surface area contributed by atoms with E-state index in [1.807, 2.05) is 50.2 Å². The number of ether oxygens (including phenoxy) is 3. The van der Waals surface area contributed by atoms with Gasteiger partial charge in [0.05, 0.1) is 23.9 Å². The van der Waals surface area contributed by atoms with Crippen LogP contribution >= 0.6 is 35.4 Å². The average Bonchev–Trinajstić information content (AvgIpc) is 3.08. The van der Waals surface area contributed by atoms with Gasteiger partial charge in [-0.05, 0) is 91.8 Å². The maximum absolute atomic E-state index is 13.4. The van der Waals surface area contributed by atoms with Gasteiger partial charge >= 0.3 is 0 Å². The molecule has 3 aromatic carbocycles. The summed E-state index contributed by atoms with van der Waals surface area (Å²) in [6.07, 6.45) is 1.74. The zero-order valence-corrected chi connectivity index (χ0v) is 23.0. The first kappa shape index (κ1) is 26.8. The van der Waals surface area contributed by atoms with Crippen LogP contribution in [0.25, 0.3) is 6.08 Å². The van der Waals surface area contributed by atoms with Gasteiger partial charge in [0.15, 0.2) is 16.6 Å². The van der Waals surface area contributed by atoms with Crippen molar-refractivity contribution in [1.82, 2.24) is 4.90 Å².